The van der Waals surface area contributed by atoms with E-state index >= 15 is 0 Å². The third kappa shape index (κ3) is 3.35. The van der Waals surface area contributed by atoms with Crippen molar-refractivity contribution in [2.45, 2.75) is 30.2 Å². The Morgan fingerprint density at radius 3 is 2.73 bits per heavy atom. The average molecular weight is 360 g/mol. The quantitative estimate of drug-likeness (QED) is 0.763. The summed E-state index contributed by atoms with van der Waals surface area (Å²) in [5.41, 5.74) is 0.424. The van der Waals surface area contributed by atoms with Crippen molar-refractivity contribution < 1.29 is 13.5 Å². The van der Waals surface area contributed by atoms with Crippen LogP contribution in [0.2, 0.25) is 5.02 Å². The molecule has 1 fully saturated rings. The minimum atomic E-state index is -3.56. The van der Waals surface area contributed by atoms with E-state index in [-0.39, 0.29) is 16.8 Å². The van der Waals surface area contributed by atoms with Gasteiger partial charge in [0.15, 0.2) is 5.13 Å². The molecule has 1 aliphatic carbocycles. The largest absolute Gasteiger partial charge is 0.493 e. The Balaban J connectivity index is 1.85. The fourth-order valence-electron chi connectivity index (χ4n) is 2.02. The fraction of sp³-hybridized carbons (Fsp3) is 0.308. The van der Waals surface area contributed by atoms with E-state index in [0.29, 0.717) is 15.8 Å². The molecule has 0 radical (unpaired) electrons. The molecule has 22 heavy (non-hydrogen) atoms. The van der Waals surface area contributed by atoms with E-state index in [1.807, 2.05) is 0 Å². The zero-order chi connectivity index (χ0) is 15.7. The maximum Gasteiger partial charge on any atom is 0.240 e. The van der Waals surface area contributed by atoms with Gasteiger partial charge in [0.2, 0.25) is 15.9 Å². The van der Waals surface area contributed by atoms with Crippen molar-refractivity contribution >= 4 is 43.8 Å². The van der Waals surface area contributed by atoms with Gasteiger partial charge >= 0.3 is 0 Å². The molecule has 1 aliphatic rings. The molecule has 6 nitrogen and oxygen atoms in total. The molecule has 118 valence electrons. The number of benzene rings is 1. The van der Waals surface area contributed by atoms with E-state index in [4.69, 9.17) is 11.6 Å². The van der Waals surface area contributed by atoms with Crippen molar-refractivity contribution in [1.82, 2.24) is 9.71 Å². The first kappa shape index (κ1) is 15.5. The summed E-state index contributed by atoms with van der Waals surface area (Å²) in [7, 11) is -3.56. The second-order valence-corrected chi connectivity index (χ2v) is 8.01. The van der Waals surface area contributed by atoms with Crippen LogP contribution >= 0.6 is 22.9 Å². The highest BCUT2D eigenvalue weighted by molar-refractivity contribution is 7.89. The Kier molecular flexibility index (Phi) is 4.26. The first-order chi connectivity index (χ1) is 10.4. The van der Waals surface area contributed by atoms with Gasteiger partial charge < -0.3 is 10.4 Å². The number of sulfonamides is 1. The van der Waals surface area contributed by atoms with Crippen molar-refractivity contribution in [3.05, 3.63) is 28.6 Å². The van der Waals surface area contributed by atoms with Crippen LogP contribution in [0.1, 0.15) is 19.3 Å². The van der Waals surface area contributed by atoms with E-state index in [9.17, 15) is 13.5 Å². The Hall–Kier alpha value is -1.35. The highest BCUT2D eigenvalue weighted by Gasteiger charge is 2.25. The summed E-state index contributed by atoms with van der Waals surface area (Å²) in [6.45, 7) is 0. The second-order valence-electron chi connectivity index (χ2n) is 5.03. The summed E-state index contributed by atoms with van der Waals surface area (Å²) in [5, 5.41) is 14.4. The molecular weight excluding hydrogens is 346 g/mol. The Morgan fingerprint density at radius 1 is 1.36 bits per heavy atom. The summed E-state index contributed by atoms with van der Waals surface area (Å²) in [4.78, 5) is 3.99. The number of anilines is 2. The van der Waals surface area contributed by atoms with Gasteiger partial charge in [0.05, 0.1) is 21.0 Å². The molecule has 0 atom stereocenters. The SMILES string of the molecule is O=S(=O)(NC1CCC1)c1ccc(Cl)c(Nc2nc(O)cs2)c1. The number of aromatic nitrogens is 1. The number of hydrogen-bond donors (Lipinski definition) is 3. The molecule has 1 saturated carbocycles. The molecule has 2 aromatic rings. The number of aromatic hydroxyl groups is 1. The molecule has 1 heterocycles. The van der Waals surface area contributed by atoms with E-state index in [1.54, 1.807) is 0 Å². The summed E-state index contributed by atoms with van der Waals surface area (Å²) < 4.78 is 27.3. The van der Waals surface area contributed by atoms with E-state index in [0.717, 1.165) is 19.3 Å². The van der Waals surface area contributed by atoms with Gasteiger partial charge in [0, 0.05) is 6.04 Å². The fourth-order valence-corrected chi connectivity index (χ4v) is 4.10. The number of nitrogens with zero attached hydrogens (tertiary/aromatic N) is 1. The zero-order valence-electron chi connectivity index (χ0n) is 11.4. The van der Waals surface area contributed by atoms with Gasteiger partial charge in [0.1, 0.15) is 0 Å². The molecule has 3 N–H and O–H groups in total. The molecule has 0 aliphatic heterocycles. The van der Waals surface area contributed by atoms with Crippen LogP contribution in [0.15, 0.2) is 28.5 Å². The van der Waals surface area contributed by atoms with Crippen molar-refractivity contribution in [1.29, 1.82) is 0 Å². The molecule has 0 bridgehead atoms. The molecule has 1 aromatic carbocycles. The zero-order valence-corrected chi connectivity index (χ0v) is 13.8. The lowest BCUT2D eigenvalue weighted by molar-refractivity contribution is 0.383. The Morgan fingerprint density at radius 2 is 2.14 bits per heavy atom. The lowest BCUT2D eigenvalue weighted by Crippen LogP contribution is -2.39. The maximum absolute atomic E-state index is 12.3. The van der Waals surface area contributed by atoms with Gasteiger partial charge in [-0.2, -0.15) is 4.98 Å². The van der Waals surface area contributed by atoms with Gasteiger partial charge in [-0.1, -0.05) is 18.0 Å². The Bertz CT molecular complexity index is 788. The number of thiazole rings is 1. The predicted octanol–water partition coefficient (Wildman–Crippen LogP) is 3.08. The van der Waals surface area contributed by atoms with Crippen LogP contribution in [0, 0.1) is 0 Å². The summed E-state index contributed by atoms with van der Waals surface area (Å²) in [6.07, 6.45) is 2.79. The molecule has 3 rings (SSSR count). The smallest absolute Gasteiger partial charge is 0.240 e. The van der Waals surface area contributed by atoms with Crippen LogP contribution < -0.4 is 10.0 Å². The maximum atomic E-state index is 12.3. The van der Waals surface area contributed by atoms with Gasteiger partial charge in [0.25, 0.3) is 0 Å². The summed E-state index contributed by atoms with van der Waals surface area (Å²) in [5.74, 6) is -0.0981. The van der Waals surface area contributed by atoms with Crippen molar-refractivity contribution in [3.8, 4) is 5.88 Å². The normalized spacial score (nSPS) is 15.5. The van der Waals surface area contributed by atoms with Gasteiger partial charge in [-0.15, -0.1) is 11.3 Å². The van der Waals surface area contributed by atoms with Crippen molar-refractivity contribution in [2.24, 2.45) is 0 Å². The molecule has 0 amide bonds. The van der Waals surface area contributed by atoms with E-state index in [2.05, 4.69) is 15.0 Å². The third-order valence-electron chi connectivity index (χ3n) is 3.41. The minimum absolute atomic E-state index is 0.0213. The van der Waals surface area contributed by atoms with Crippen LogP contribution in [0.25, 0.3) is 0 Å². The van der Waals surface area contributed by atoms with Crippen molar-refractivity contribution in [3.63, 3.8) is 0 Å². The van der Waals surface area contributed by atoms with Crippen LogP contribution in [-0.4, -0.2) is 24.6 Å². The molecule has 0 saturated heterocycles. The second kappa shape index (κ2) is 6.04. The molecule has 0 unspecified atom stereocenters. The monoisotopic (exact) mass is 359 g/mol. The first-order valence-corrected chi connectivity index (χ1v) is 9.41. The van der Waals surface area contributed by atoms with Crippen LogP contribution in [0.4, 0.5) is 10.8 Å². The Labute approximate surface area is 137 Å². The lowest BCUT2D eigenvalue weighted by Gasteiger charge is -2.26. The third-order valence-corrected chi connectivity index (χ3v) is 6.00. The summed E-state index contributed by atoms with van der Waals surface area (Å²) >= 11 is 7.28. The standard InChI is InChI=1S/C13H14ClN3O3S2/c14-10-5-4-9(22(19,20)17-8-2-1-3-8)6-11(10)15-13-16-12(18)7-21-13/h4-8,17-18H,1-3H2,(H,15,16). The van der Waals surface area contributed by atoms with Crippen LogP contribution in [-0.2, 0) is 10.0 Å². The van der Waals surface area contributed by atoms with Gasteiger partial charge in [-0.05, 0) is 31.0 Å². The highest BCUT2D eigenvalue weighted by Crippen LogP contribution is 2.31. The van der Waals surface area contributed by atoms with Gasteiger partial charge in [-0.25, -0.2) is 13.1 Å². The molecule has 1 aromatic heterocycles. The molecular formula is C13H14ClN3O3S2. The number of hydrogen-bond acceptors (Lipinski definition) is 6. The molecule has 0 spiro atoms. The first-order valence-electron chi connectivity index (χ1n) is 6.67. The van der Waals surface area contributed by atoms with E-state index in [1.165, 1.54) is 34.9 Å². The number of rotatable bonds is 5. The number of halogens is 1. The van der Waals surface area contributed by atoms with Crippen LogP contribution in [0.5, 0.6) is 5.88 Å². The lowest BCUT2D eigenvalue weighted by atomic mass is 9.94. The predicted molar refractivity (Wildman–Crippen MR) is 86.5 cm³/mol. The van der Waals surface area contributed by atoms with Gasteiger partial charge in [-0.3, -0.25) is 0 Å². The van der Waals surface area contributed by atoms with Crippen molar-refractivity contribution in [2.75, 3.05) is 5.32 Å². The van der Waals surface area contributed by atoms with Crippen LogP contribution in [0.3, 0.4) is 0 Å². The van der Waals surface area contributed by atoms with E-state index < -0.39 is 10.0 Å². The topological polar surface area (TPSA) is 91.3 Å². The average Bonchev–Trinajstić information content (AvgIpc) is 2.82. The summed E-state index contributed by atoms with van der Waals surface area (Å²) in [6, 6.07) is 4.47. The highest BCUT2D eigenvalue weighted by atomic mass is 35.5. The number of nitrogens with one attached hydrogen (secondary N) is 2. The molecule has 9 heteroatoms. The minimum Gasteiger partial charge on any atom is -0.493 e.